The number of anilines is 1. The number of amides is 2. The molecule has 5 rings (SSSR count). The number of nitrogens with zero attached hydrogens (tertiary/aromatic N) is 3. The summed E-state index contributed by atoms with van der Waals surface area (Å²) in [6, 6.07) is 15.6. The Kier molecular flexibility index (Phi) is 5.04. The summed E-state index contributed by atoms with van der Waals surface area (Å²) in [6.45, 7) is 4.61. The van der Waals surface area contributed by atoms with Crippen molar-refractivity contribution in [3.8, 4) is 11.5 Å². The molecule has 0 bridgehead atoms. The van der Waals surface area contributed by atoms with Gasteiger partial charge < -0.3 is 19.3 Å². The van der Waals surface area contributed by atoms with Gasteiger partial charge in [0.1, 0.15) is 0 Å². The van der Waals surface area contributed by atoms with Gasteiger partial charge in [0.15, 0.2) is 11.5 Å². The summed E-state index contributed by atoms with van der Waals surface area (Å²) in [7, 11) is 0. The molecule has 156 valence electrons. The molecular weight excluding hydrogens is 382 g/mol. The van der Waals surface area contributed by atoms with Gasteiger partial charge in [-0.15, -0.1) is 0 Å². The quantitative estimate of drug-likeness (QED) is 0.777. The molecule has 3 aliphatic rings. The third-order valence-corrected chi connectivity index (χ3v) is 6.07. The van der Waals surface area contributed by atoms with Crippen LogP contribution in [0.25, 0.3) is 0 Å². The highest BCUT2D eigenvalue weighted by molar-refractivity contribution is 6.00. The van der Waals surface area contributed by atoms with Crippen molar-refractivity contribution in [1.82, 2.24) is 9.80 Å². The van der Waals surface area contributed by atoms with E-state index in [1.807, 2.05) is 47.4 Å². The minimum atomic E-state index is -0.252. The van der Waals surface area contributed by atoms with E-state index in [0.717, 1.165) is 36.8 Å². The molecular formula is C23H25N3O4. The average Bonchev–Trinajstić information content (AvgIpc) is 3.40. The van der Waals surface area contributed by atoms with Gasteiger partial charge in [0.2, 0.25) is 18.6 Å². The van der Waals surface area contributed by atoms with E-state index in [2.05, 4.69) is 11.0 Å². The lowest BCUT2D eigenvalue weighted by molar-refractivity contribution is -0.137. The van der Waals surface area contributed by atoms with Gasteiger partial charge in [0, 0.05) is 51.4 Å². The summed E-state index contributed by atoms with van der Waals surface area (Å²) < 4.78 is 10.8. The number of fused-ring (bicyclic) bond motifs is 1. The Labute approximate surface area is 175 Å². The predicted molar refractivity (Wildman–Crippen MR) is 111 cm³/mol. The first-order chi connectivity index (χ1) is 14.7. The highest BCUT2D eigenvalue weighted by Crippen LogP contribution is 2.33. The van der Waals surface area contributed by atoms with Crippen LogP contribution < -0.4 is 14.4 Å². The van der Waals surface area contributed by atoms with E-state index in [1.165, 1.54) is 5.56 Å². The van der Waals surface area contributed by atoms with Crippen LogP contribution in [0.15, 0.2) is 48.5 Å². The smallest absolute Gasteiger partial charge is 0.231 e. The Morgan fingerprint density at radius 2 is 1.73 bits per heavy atom. The maximum atomic E-state index is 13.0. The molecule has 0 aliphatic carbocycles. The summed E-state index contributed by atoms with van der Waals surface area (Å²) in [5.74, 6) is 1.48. The normalized spacial score (nSPS) is 21.3. The number of rotatable bonds is 4. The Morgan fingerprint density at radius 1 is 0.967 bits per heavy atom. The first-order valence-electron chi connectivity index (χ1n) is 10.4. The standard InChI is InChI=1S/C23H25N3O4/c27-22-13-18(15-26(22)19-4-2-1-3-5-19)23(28)25-10-8-24(9-11-25)14-17-6-7-20-21(12-17)30-16-29-20/h1-7,12,18H,8-11,13-16H2. The van der Waals surface area contributed by atoms with E-state index in [4.69, 9.17) is 9.47 Å². The van der Waals surface area contributed by atoms with Crippen LogP contribution in [0.1, 0.15) is 12.0 Å². The SMILES string of the molecule is O=C(C1CC(=O)N(c2ccccc2)C1)N1CCN(Cc2ccc3c(c2)OCO3)CC1. The highest BCUT2D eigenvalue weighted by Gasteiger charge is 2.37. The van der Waals surface area contributed by atoms with E-state index < -0.39 is 0 Å². The van der Waals surface area contributed by atoms with E-state index in [-0.39, 0.29) is 24.5 Å². The van der Waals surface area contributed by atoms with Crippen molar-refractivity contribution in [2.75, 3.05) is 44.4 Å². The monoisotopic (exact) mass is 407 g/mol. The number of hydrogen-bond donors (Lipinski definition) is 0. The molecule has 1 unspecified atom stereocenters. The third-order valence-electron chi connectivity index (χ3n) is 6.07. The number of para-hydroxylation sites is 1. The van der Waals surface area contributed by atoms with E-state index >= 15 is 0 Å². The third kappa shape index (κ3) is 3.73. The number of benzene rings is 2. The lowest BCUT2D eigenvalue weighted by atomic mass is 10.1. The summed E-state index contributed by atoms with van der Waals surface area (Å²) in [4.78, 5) is 31.4. The molecule has 2 fully saturated rings. The molecule has 0 spiro atoms. The van der Waals surface area contributed by atoms with Gasteiger partial charge in [-0.25, -0.2) is 0 Å². The first-order valence-corrected chi connectivity index (χ1v) is 10.4. The van der Waals surface area contributed by atoms with Crippen LogP contribution in [-0.2, 0) is 16.1 Å². The van der Waals surface area contributed by atoms with Gasteiger partial charge in [-0.1, -0.05) is 24.3 Å². The lowest BCUT2D eigenvalue weighted by Gasteiger charge is -2.36. The molecule has 7 nitrogen and oxygen atoms in total. The topological polar surface area (TPSA) is 62.3 Å². The zero-order chi connectivity index (χ0) is 20.5. The van der Waals surface area contributed by atoms with Gasteiger partial charge in [0.05, 0.1) is 5.92 Å². The van der Waals surface area contributed by atoms with E-state index in [9.17, 15) is 9.59 Å². The van der Waals surface area contributed by atoms with Crippen LogP contribution in [0.4, 0.5) is 5.69 Å². The molecule has 30 heavy (non-hydrogen) atoms. The molecule has 2 amide bonds. The number of ether oxygens (including phenoxy) is 2. The van der Waals surface area contributed by atoms with E-state index in [0.29, 0.717) is 26.1 Å². The molecule has 3 aliphatic heterocycles. The minimum absolute atomic E-state index is 0.0287. The van der Waals surface area contributed by atoms with Crippen molar-refractivity contribution >= 4 is 17.5 Å². The molecule has 0 N–H and O–H groups in total. The molecule has 3 heterocycles. The van der Waals surface area contributed by atoms with Crippen LogP contribution in [0.3, 0.4) is 0 Å². The zero-order valence-electron chi connectivity index (χ0n) is 16.8. The second kappa shape index (κ2) is 7.99. The summed E-state index contributed by atoms with van der Waals surface area (Å²) in [5.41, 5.74) is 2.05. The number of piperazine rings is 1. The van der Waals surface area contributed by atoms with Crippen LogP contribution in [0, 0.1) is 5.92 Å². The zero-order valence-corrected chi connectivity index (χ0v) is 16.8. The molecule has 2 saturated heterocycles. The fourth-order valence-corrected chi connectivity index (χ4v) is 4.41. The Morgan fingerprint density at radius 3 is 2.53 bits per heavy atom. The largest absolute Gasteiger partial charge is 0.454 e. The molecule has 0 radical (unpaired) electrons. The number of carbonyl (C=O) groups is 2. The molecule has 1 atom stereocenters. The maximum Gasteiger partial charge on any atom is 0.231 e. The second-order valence-corrected chi connectivity index (χ2v) is 8.03. The van der Waals surface area contributed by atoms with Gasteiger partial charge in [-0.3, -0.25) is 14.5 Å². The Hall–Kier alpha value is -3.06. The number of carbonyl (C=O) groups excluding carboxylic acids is 2. The van der Waals surface area contributed by atoms with E-state index in [1.54, 1.807) is 4.90 Å². The first kappa shape index (κ1) is 18.9. The molecule has 0 saturated carbocycles. The van der Waals surface area contributed by atoms with Crippen molar-refractivity contribution in [3.63, 3.8) is 0 Å². The van der Waals surface area contributed by atoms with Gasteiger partial charge in [0.25, 0.3) is 0 Å². The highest BCUT2D eigenvalue weighted by atomic mass is 16.7. The molecule has 2 aromatic rings. The summed E-state index contributed by atoms with van der Waals surface area (Å²) >= 11 is 0. The van der Waals surface area contributed by atoms with Crippen molar-refractivity contribution < 1.29 is 19.1 Å². The maximum absolute atomic E-state index is 13.0. The summed E-state index contributed by atoms with van der Waals surface area (Å²) in [6.07, 6.45) is 0.297. The van der Waals surface area contributed by atoms with Gasteiger partial charge >= 0.3 is 0 Å². The van der Waals surface area contributed by atoms with Crippen molar-refractivity contribution in [2.24, 2.45) is 5.92 Å². The fourth-order valence-electron chi connectivity index (χ4n) is 4.41. The van der Waals surface area contributed by atoms with Gasteiger partial charge in [-0.05, 0) is 29.8 Å². The van der Waals surface area contributed by atoms with Crippen LogP contribution in [0.5, 0.6) is 11.5 Å². The lowest BCUT2D eigenvalue weighted by Crippen LogP contribution is -2.50. The fraction of sp³-hybridized carbons (Fsp3) is 0.391. The molecule has 2 aromatic carbocycles. The summed E-state index contributed by atoms with van der Waals surface area (Å²) in [5, 5.41) is 0. The van der Waals surface area contributed by atoms with Crippen molar-refractivity contribution in [2.45, 2.75) is 13.0 Å². The molecule has 7 heteroatoms. The molecule has 0 aromatic heterocycles. The van der Waals surface area contributed by atoms with Crippen LogP contribution in [-0.4, -0.2) is 61.1 Å². The second-order valence-electron chi connectivity index (χ2n) is 8.03. The van der Waals surface area contributed by atoms with Crippen molar-refractivity contribution in [3.05, 3.63) is 54.1 Å². The minimum Gasteiger partial charge on any atom is -0.454 e. The van der Waals surface area contributed by atoms with Gasteiger partial charge in [-0.2, -0.15) is 0 Å². The predicted octanol–water partition coefficient (Wildman–Crippen LogP) is 2.11. The van der Waals surface area contributed by atoms with Crippen molar-refractivity contribution in [1.29, 1.82) is 0 Å². The number of hydrogen-bond acceptors (Lipinski definition) is 5. The Balaban J connectivity index is 1.15. The van der Waals surface area contributed by atoms with Crippen LogP contribution >= 0.6 is 0 Å². The van der Waals surface area contributed by atoms with Crippen LogP contribution in [0.2, 0.25) is 0 Å². The average molecular weight is 407 g/mol. The Bertz CT molecular complexity index is 941.